The summed E-state index contributed by atoms with van der Waals surface area (Å²) in [7, 11) is 0. The Labute approximate surface area is 119 Å². The van der Waals surface area contributed by atoms with Crippen LogP contribution in [0.5, 0.6) is 0 Å². The van der Waals surface area contributed by atoms with Gasteiger partial charge in [-0.05, 0) is 26.3 Å². The fraction of sp³-hybridized carbons (Fsp3) is 0.533. The van der Waals surface area contributed by atoms with E-state index in [1.165, 1.54) is 0 Å². The van der Waals surface area contributed by atoms with Crippen molar-refractivity contribution in [3.63, 3.8) is 0 Å². The number of rotatable bonds is 6. The summed E-state index contributed by atoms with van der Waals surface area (Å²) < 4.78 is 10.7. The molecule has 0 aliphatic rings. The molecule has 0 saturated carbocycles. The van der Waals surface area contributed by atoms with E-state index in [0.717, 1.165) is 5.56 Å². The van der Waals surface area contributed by atoms with Crippen molar-refractivity contribution in [1.29, 1.82) is 0 Å². The Hall–Kier alpha value is -1.59. The van der Waals surface area contributed by atoms with Crippen LogP contribution in [-0.4, -0.2) is 29.6 Å². The van der Waals surface area contributed by atoms with Crippen molar-refractivity contribution in [1.82, 2.24) is 5.32 Å². The van der Waals surface area contributed by atoms with Crippen molar-refractivity contribution in [2.24, 2.45) is 0 Å². The zero-order chi connectivity index (χ0) is 15.0. The maximum absolute atomic E-state index is 11.7. The summed E-state index contributed by atoms with van der Waals surface area (Å²) in [6, 6.07) is 9.63. The zero-order valence-electron chi connectivity index (χ0n) is 12.3. The van der Waals surface area contributed by atoms with Crippen LogP contribution in [0.2, 0.25) is 0 Å². The van der Waals surface area contributed by atoms with Gasteiger partial charge in [0.2, 0.25) is 0 Å². The molecular weight excluding hydrogens is 258 g/mol. The van der Waals surface area contributed by atoms with Gasteiger partial charge in [0.15, 0.2) is 0 Å². The van der Waals surface area contributed by atoms with Gasteiger partial charge in [-0.2, -0.15) is 0 Å². The molecule has 0 radical (unpaired) electrons. The molecule has 5 heteroatoms. The summed E-state index contributed by atoms with van der Waals surface area (Å²) in [5, 5.41) is 11.6. The standard InChI is InChI=1S/C15H23NO4/c1-15(2,3)20-14(18)16-13(9-10-17)19-11-12-7-5-4-6-8-12/h4-8,13,17H,9-11H2,1-3H3,(H,16,18). The van der Waals surface area contributed by atoms with E-state index in [9.17, 15) is 4.79 Å². The van der Waals surface area contributed by atoms with E-state index in [-0.39, 0.29) is 6.61 Å². The van der Waals surface area contributed by atoms with Crippen molar-refractivity contribution >= 4 is 6.09 Å². The van der Waals surface area contributed by atoms with Crippen molar-refractivity contribution in [2.75, 3.05) is 6.61 Å². The molecule has 1 amide bonds. The van der Waals surface area contributed by atoms with Gasteiger partial charge in [0.05, 0.1) is 6.61 Å². The van der Waals surface area contributed by atoms with E-state index in [1.54, 1.807) is 20.8 Å². The first kappa shape index (κ1) is 16.5. The number of amides is 1. The minimum Gasteiger partial charge on any atom is -0.444 e. The molecule has 1 atom stereocenters. The van der Waals surface area contributed by atoms with E-state index in [1.807, 2.05) is 30.3 Å². The average Bonchev–Trinajstić information content (AvgIpc) is 2.35. The van der Waals surface area contributed by atoms with Gasteiger partial charge in [0, 0.05) is 13.0 Å². The second-order valence-electron chi connectivity index (χ2n) is 5.44. The highest BCUT2D eigenvalue weighted by atomic mass is 16.6. The number of ether oxygens (including phenoxy) is 2. The van der Waals surface area contributed by atoms with Crippen molar-refractivity contribution < 1.29 is 19.4 Å². The van der Waals surface area contributed by atoms with Gasteiger partial charge >= 0.3 is 6.09 Å². The maximum atomic E-state index is 11.7. The first-order valence-corrected chi connectivity index (χ1v) is 6.66. The van der Waals surface area contributed by atoms with Crippen molar-refractivity contribution in [3.8, 4) is 0 Å². The lowest BCUT2D eigenvalue weighted by Crippen LogP contribution is -2.41. The number of nitrogens with one attached hydrogen (secondary N) is 1. The maximum Gasteiger partial charge on any atom is 0.409 e. The van der Waals surface area contributed by atoms with Crippen LogP contribution < -0.4 is 5.32 Å². The largest absolute Gasteiger partial charge is 0.444 e. The third-order valence-corrected chi connectivity index (χ3v) is 2.36. The fourth-order valence-electron chi connectivity index (χ4n) is 1.52. The molecule has 0 bridgehead atoms. The number of carbonyl (C=O) groups is 1. The van der Waals surface area contributed by atoms with Crippen molar-refractivity contribution in [3.05, 3.63) is 35.9 Å². The van der Waals surface area contributed by atoms with Crippen LogP contribution in [0.1, 0.15) is 32.8 Å². The Morgan fingerprint density at radius 1 is 1.30 bits per heavy atom. The highest BCUT2D eigenvalue weighted by Gasteiger charge is 2.19. The predicted molar refractivity (Wildman–Crippen MR) is 76.1 cm³/mol. The molecule has 2 N–H and O–H groups in total. The number of hydrogen-bond acceptors (Lipinski definition) is 4. The topological polar surface area (TPSA) is 67.8 Å². The second-order valence-corrected chi connectivity index (χ2v) is 5.44. The van der Waals surface area contributed by atoms with Crippen LogP contribution in [0.3, 0.4) is 0 Å². The molecule has 0 aliphatic heterocycles. The average molecular weight is 281 g/mol. The summed E-state index contributed by atoms with van der Waals surface area (Å²) in [6.45, 7) is 5.66. The fourth-order valence-corrected chi connectivity index (χ4v) is 1.52. The molecule has 0 aromatic heterocycles. The third-order valence-electron chi connectivity index (χ3n) is 2.36. The molecule has 0 aliphatic carbocycles. The molecule has 1 aromatic carbocycles. The van der Waals surface area contributed by atoms with Gasteiger partial charge in [0.1, 0.15) is 11.8 Å². The molecule has 112 valence electrons. The molecule has 5 nitrogen and oxygen atoms in total. The number of benzene rings is 1. The van der Waals surface area contributed by atoms with Gasteiger partial charge in [-0.15, -0.1) is 0 Å². The molecule has 0 heterocycles. The van der Waals surface area contributed by atoms with Gasteiger partial charge in [-0.1, -0.05) is 30.3 Å². The van der Waals surface area contributed by atoms with E-state index < -0.39 is 17.9 Å². The summed E-state index contributed by atoms with van der Waals surface area (Å²) >= 11 is 0. The van der Waals surface area contributed by atoms with Crippen LogP contribution in [-0.2, 0) is 16.1 Å². The molecule has 0 fully saturated rings. The Balaban J connectivity index is 2.46. The molecular formula is C15H23NO4. The predicted octanol–water partition coefficient (Wildman–Crippen LogP) is 2.44. The summed E-state index contributed by atoms with van der Waals surface area (Å²) in [5.41, 5.74) is 0.439. The van der Waals surface area contributed by atoms with Crippen LogP contribution in [0.4, 0.5) is 4.79 Å². The lowest BCUT2D eigenvalue weighted by Gasteiger charge is -2.23. The van der Waals surface area contributed by atoms with Crippen LogP contribution in [0.25, 0.3) is 0 Å². The monoisotopic (exact) mass is 281 g/mol. The highest BCUT2D eigenvalue weighted by molar-refractivity contribution is 5.67. The van der Waals surface area contributed by atoms with E-state index in [4.69, 9.17) is 14.6 Å². The van der Waals surface area contributed by atoms with E-state index in [0.29, 0.717) is 13.0 Å². The van der Waals surface area contributed by atoms with Gasteiger partial charge < -0.3 is 14.6 Å². The molecule has 0 saturated heterocycles. The lowest BCUT2D eigenvalue weighted by atomic mass is 10.2. The third kappa shape index (κ3) is 7.11. The Morgan fingerprint density at radius 2 is 1.95 bits per heavy atom. The molecule has 20 heavy (non-hydrogen) atoms. The Kier molecular flexibility index (Phi) is 6.48. The molecule has 1 aromatic rings. The molecule has 1 rings (SSSR count). The smallest absolute Gasteiger partial charge is 0.409 e. The number of carbonyl (C=O) groups excluding carboxylic acids is 1. The minimum atomic E-state index is -0.574. The Bertz CT molecular complexity index is 400. The number of alkyl carbamates (subject to hydrolysis) is 1. The normalized spacial score (nSPS) is 12.8. The first-order chi connectivity index (χ1) is 9.40. The van der Waals surface area contributed by atoms with Crippen LogP contribution >= 0.6 is 0 Å². The number of hydrogen-bond donors (Lipinski definition) is 2. The summed E-state index contributed by atoms with van der Waals surface area (Å²) in [6.07, 6.45) is -0.814. The number of aliphatic hydroxyl groups excluding tert-OH is 1. The van der Waals surface area contributed by atoms with Crippen molar-refractivity contribution in [2.45, 2.75) is 45.6 Å². The SMILES string of the molecule is CC(C)(C)OC(=O)NC(CCO)OCc1ccccc1. The summed E-state index contributed by atoms with van der Waals surface area (Å²) in [5.74, 6) is 0. The van der Waals surface area contributed by atoms with Gasteiger partial charge in [-0.25, -0.2) is 4.79 Å². The van der Waals surface area contributed by atoms with E-state index in [2.05, 4.69) is 5.32 Å². The second kappa shape index (κ2) is 7.87. The van der Waals surface area contributed by atoms with E-state index >= 15 is 0 Å². The lowest BCUT2D eigenvalue weighted by molar-refractivity contribution is -0.0111. The first-order valence-electron chi connectivity index (χ1n) is 6.66. The Morgan fingerprint density at radius 3 is 2.50 bits per heavy atom. The molecule has 1 unspecified atom stereocenters. The van der Waals surface area contributed by atoms with Gasteiger partial charge in [0.25, 0.3) is 0 Å². The zero-order valence-corrected chi connectivity index (χ0v) is 12.3. The van der Waals surface area contributed by atoms with Crippen LogP contribution in [0, 0.1) is 0 Å². The van der Waals surface area contributed by atoms with Crippen LogP contribution in [0.15, 0.2) is 30.3 Å². The number of aliphatic hydroxyl groups is 1. The van der Waals surface area contributed by atoms with Gasteiger partial charge in [-0.3, -0.25) is 5.32 Å². The quantitative estimate of drug-likeness (QED) is 0.786. The minimum absolute atomic E-state index is 0.0742. The molecule has 0 spiro atoms. The summed E-state index contributed by atoms with van der Waals surface area (Å²) in [4.78, 5) is 11.7. The highest BCUT2D eigenvalue weighted by Crippen LogP contribution is 2.08.